The number of pyridine rings is 1. The fraction of sp³-hybridized carbons (Fsp3) is 0.556. The third kappa shape index (κ3) is 3.67. The summed E-state index contributed by atoms with van der Waals surface area (Å²) in [5.41, 5.74) is 2.23. The quantitative estimate of drug-likeness (QED) is 0.834. The second-order valence-corrected chi connectivity index (χ2v) is 9.35. The van der Waals surface area contributed by atoms with Gasteiger partial charge in [-0.3, -0.25) is 14.8 Å². The van der Waals surface area contributed by atoms with Crippen LogP contribution in [0.15, 0.2) is 30.7 Å². The van der Waals surface area contributed by atoms with Gasteiger partial charge in [-0.25, -0.2) is 13.4 Å². The van der Waals surface area contributed by atoms with Crippen LogP contribution in [0.5, 0.6) is 0 Å². The number of fused-ring (bicyclic) bond motifs is 1. The molecule has 0 amide bonds. The van der Waals surface area contributed by atoms with Crippen molar-refractivity contribution in [1.82, 2.24) is 24.8 Å². The van der Waals surface area contributed by atoms with Gasteiger partial charge in [-0.05, 0) is 18.1 Å². The molecule has 0 unspecified atom stereocenters. The van der Waals surface area contributed by atoms with Crippen molar-refractivity contribution in [3.63, 3.8) is 0 Å². The highest BCUT2D eigenvalue weighted by atomic mass is 32.2. The van der Waals surface area contributed by atoms with Crippen LogP contribution in [0.25, 0.3) is 0 Å². The molecule has 1 N–H and O–H groups in total. The molecule has 0 bridgehead atoms. The molecule has 0 saturated carbocycles. The number of hydrogen-bond donors (Lipinski definition) is 1. The number of aromatic nitrogens is 3. The number of nitrogens with zero attached hydrogens (tertiary/aromatic N) is 4. The van der Waals surface area contributed by atoms with E-state index in [1.807, 2.05) is 6.20 Å². The molecule has 2 aromatic rings. The Kier molecular flexibility index (Phi) is 4.81. The maximum Gasteiger partial charge on any atom is 0.153 e. The van der Waals surface area contributed by atoms with E-state index >= 15 is 0 Å². The summed E-state index contributed by atoms with van der Waals surface area (Å²) >= 11 is 0. The fourth-order valence-corrected chi connectivity index (χ4v) is 6.07. The third-order valence-electron chi connectivity index (χ3n) is 5.47. The zero-order valence-corrected chi connectivity index (χ0v) is 15.8. The highest BCUT2D eigenvalue weighted by Crippen LogP contribution is 2.28. The van der Waals surface area contributed by atoms with Gasteiger partial charge >= 0.3 is 0 Å². The number of piperazine rings is 1. The molecule has 4 rings (SSSR count). The van der Waals surface area contributed by atoms with Crippen molar-refractivity contribution in [2.24, 2.45) is 0 Å². The zero-order chi connectivity index (χ0) is 18.1. The molecular formula is C18H25N5O2S. The van der Waals surface area contributed by atoms with Gasteiger partial charge in [0.15, 0.2) is 9.84 Å². The lowest BCUT2D eigenvalue weighted by Crippen LogP contribution is -2.58. The van der Waals surface area contributed by atoms with Gasteiger partial charge < -0.3 is 4.98 Å². The monoisotopic (exact) mass is 375 g/mol. The largest absolute Gasteiger partial charge is 0.348 e. The minimum absolute atomic E-state index is 0.0220. The molecule has 2 saturated heterocycles. The Morgan fingerprint density at radius 1 is 1.12 bits per heavy atom. The first-order valence-corrected chi connectivity index (χ1v) is 11.0. The van der Waals surface area contributed by atoms with Crippen LogP contribution in [0.1, 0.15) is 24.0 Å². The van der Waals surface area contributed by atoms with Crippen LogP contribution in [0.4, 0.5) is 0 Å². The molecular weight excluding hydrogens is 350 g/mol. The summed E-state index contributed by atoms with van der Waals surface area (Å²) in [7, 11) is -3.01. The molecule has 140 valence electrons. The smallest absolute Gasteiger partial charge is 0.153 e. The maximum absolute atomic E-state index is 12.3. The predicted molar refractivity (Wildman–Crippen MR) is 99.3 cm³/mol. The van der Waals surface area contributed by atoms with Crippen LogP contribution in [0.3, 0.4) is 0 Å². The van der Waals surface area contributed by atoms with Crippen molar-refractivity contribution >= 4 is 9.84 Å². The van der Waals surface area contributed by atoms with Crippen LogP contribution in [-0.4, -0.2) is 69.8 Å². The second-order valence-electron chi connectivity index (χ2n) is 7.20. The van der Waals surface area contributed by atoms with E-state index in [1.165, 1.54) is 5.56 Å². The van der Waals surface area contributed by atoms with Crippen LogP contribution in [0.2, 0.25) is 0 Å². The number of hydrogen-bond acceptors (Lipinski definition) is 6. The summed E-state index contributed by atoms with van der Waals surface area (Å²) in [6.45, 7) is 5.16. The SMILES string of the molecule is CCc1ccc(CN2CCN(Cc3ncc[nH]3)[C@H]3CS(=O)(=O)C[C@H]32)nc1. The Morgan fingerprint density at radius 3 is 2.42 bits per heavy atom. The van der Waals surface area contributed by atoms with E-state index in [0.717, 1.165) is 31.0 Å². The molecule has 0 radical (unpaired) electrons. The van der Waals surface area contributed by atoms with E-state index in [1.54, 1.807) is 12.4 Å². The van der Waals surface area contributed by atoms with Gasteiger partial charge in [-0.15, -0.1) is 0 Å². The average Bonchev–Trinajstić information content (AvgIpc) is 3.24. The van der Waals surface area contributed by atoms with E-state index < -0.39 is 9.84 Å². The predicted octanol–water partition coefficient (Wildman–Crippen LogP) is 0.851. The van der Waals surface area contributed by atoms with Crippen LogP contribution < -0.4 is 0 Å². The number of aromatic amines is 1. The topological polar surface area (TPSA) is 82.2 Å². The average molecular weight is 375 g/mol. The van der Waals surface area contributed by atoms with Gasteiger partial charge in [0.05, 0.1) is 23.7 Å². The Hall–Kier alpha value is -1.77. The van der Waals surface area contributed by atoms with E-state index in [9.17, 15) is 8.42 Å². The highest BCUT2D eigenvalue weighted by Gasteiger charge is 2.46. The Bertz CT molecular complexity index is 835. The molecule has 0 aliphatic carbocycles. The zero-order valence-electron chi connectivity index (χ0n) is 15.0. The van der Waals surface area contributed by atoms with Gasteiger partial charge in [0.1, 0.15) is 5.82 Å². The molecule has 4 heterocycles. The van der Waals surface area contributed by atoms with Crippen molar-refractivity contribution in [2.45, 2.75) is 38.5 Å². The van der Waals surface area contributed by atoms with Crippen molar-refractivity contribution < 1.29 is 8.42 Å². The molecule has 26 heavy (non-hydrogen) atoms. The number of sulfone groups is 1. The fourth-order valence-electron chi connectivity index (χ4n) is 4.03. The first-order valence-electron chi connectivity index (χ1n) is 9.14. The lowest BCUT2D eigenvalue weighted by atomic mass is 10.0. The van der Waals surface area contributed by atoms with Crippen LogP contribution in [0, 0.1) is 0 Å². The number of nitrogens with one attached hydrogen (secondary N) is 1. The van der Waals surface area contributed by atoms with Gasteiger partial charge in [-0.1, -0.05) is 13.0 Å². The van der Waals surface area contributed by atoms with E-state index in [0.29, 0.717) is 13.1 Å². The van der Waals surface area contributed by atoms with Crippen LogP contribution in [-0.2, 0) is 29.3 Å². The first-order chi connectivity index (χ1) is 12.5. The molecule has 0 spiro atoms. The number of rotatable bonds is 5. The number of H-pyrrole nitrogens is 1. The van der Waals surface area contributed by atoms with E-state index in [2.05, 4.69) is 43.8 Å². The molecule has 2 aliphatic heterocycles. The minimum Gasteiger partial charge on any atom is -0.348 e. The molecule has 2 atom stereocenters. The number of aryl methyl sites for hydroxylation is 1. The standard InChI is InChI=1S/C18H25N5O2S/c1-2-14-3-4-15(21-9-14)10-22-7-8-23(11-18-19-5-6-20-18)17-13-26(24,25)12-16(17)22/h3-6,9,16-17H,2,7-8,10-13H2,1H3,(H,19,20)/t16-,17+/m1/s1. The molecule has 2 fully saturated rings. The molecule has 0 aromatic carbocycles. The van der Waals surface area contributed by atoms with E-state index in [4.69, 9.17) is 0 Å². The summed E-state index contributed by atoms with van der Waals surface area (Å²) < 4.78 is 24.7. The Morgan fingerprint density at radius 2 is 1.85 bits per heavy atom. The highest BCUT2D eigenvalue weighted by molar-refractivity contribution is 7.91. The normalized spacial score (nSPS) is 26.0. The molecule has 2 aliphatic rings. The Balaban J connectivity index is 1.51. The third-order valence-corrected chi connectivity index (χ3v) is 7.17. The summed E-state index contributed by atoms with van der Waals surface area (Å²) in [5, 5.41) is 0. The van der Waals surface area contributed by atoms with E-state index in [-0.39, 0.29) is 23.6 Å². The van der Waals surface area contributed by atoms with Crippen molar-refractivity contribution in [3.8, 4) is 0 Å². The molecule has 2 aromatic heterocycles. The van der Waals surface area contributed by atoms with Crippen molar-refractivity contribution in [2.75, 3.05) is 24.6 Å². The summed E-state index contributed by atoms with van der Waals surface area (Å²) in [4.78, 5) is 16.5. The van der Waals surface area contributed by atoms with Gasteiger partial charge in [-0.2, -0.15) is 0 Å². The second kappa shape index (κ2) is 7.09. The summed E-state index contributed by atoms with van der Waals surface area (Å²) in [5.74, 6) is 1.36. The van der Waals surface area contributed by atoms with Crippen LogP contribution >= 0.6 is 0 Å². The first kappa shape index (κ1) is 17.6. The lowest BCUT2D eigenvalue weighted by molar-refractivity contribution is 0.0334. The van der Waals surface area contributed by atoms with Gasteiger partial charge in [0.2, 0.25) is 0 Å². The lowest BCUT2D eigenvalue weighted by Gasteiger charge is -2.43. The summed E-state index contributed by atoms with van der Waals surface area (Å²) in [6.07, 6.45) is 6.44. The minimum atomic E-state index is -3.01. The maximum atomic E-state index is 12.3. The molecule has 7 nitrogen and oxygen atoms in total. The Labute approximate surface area is 154 Å². The summed E-state index contributed by atoms with van der Waals surface area (Å²) in [6, 6.07) is 4.22. The van der Waals surface area contributed by atoms with Gasteiger partial charge in [0.25, 0.3) is 0 Å². The van der Waals surface area contributed by atoms with Crippen molar-refractivity contribution in [1.29, 1.82) is 0 Å². The molecule has 8 heteroatoms. The van der Waals surface area contributed by atoms with Crippen molar-refractivity contribution in [3.05, 3.63) is 47.8 Å². The van der Waals surface area contributed by atoms with Gasteiger partial charge in [0, 0.05) is 50.3 Å². The number of imidazole rings is 1.